The Morgan fingerprint density at radius 3 is 1.83 bits per heavy atom. The molecule has 3 heteroatoms. The molecule has 0 spiro atoms. The molecule has 2 aromatic carbocycles. The fourth-order valence-corrected chi connectivity index (χ4v) is 3.36. The number of hydrogen-bond donors (Lipinski definition) is 1. The smallest absolute Gasteiger partial charge is 0.320 e. The van der Waals surface area contributed by atoms with E-state index in [0.29, 0.717) is 19.0 Å². The highest BCUT2D eigenvalue weighted by Crippen LogP contribution is 2.32. The highest BCUT2D eigenvalue weighted by atomic mass is 16.4. The molecule has 3 rings (SSSR count). The lowest BCUT2D eigenvalue weighted by Gasteiger charge is -2.34. The highest BCUT2D eigenvalue weighted by molar-refractivity contribution is 5.73. The van der Waals surface area contributed by atoms with Crippen molar-refractivity contribution < 1.29 is 9.90 Å². The largest absolute Gasteiger partial charge is 0.480 e. The number of carboxylic acids is 1. The van der Waals surface area contributed by atoms with E-state index in [4.69, 9.17) is 0 Å². The topological polar surface area (TPSA) is 40.5 Å². The molecular weight excluding hydrogens is 298 g/mol. The lowest BCUT2D eigenvalue weighted by Crippen LogP contribution is -2.42. The van der Waals surface area contributed by atoms with Crippen LogP contribution >= 0.6 is 0 Å². The molecule has 1 fully saturated rings. The van der Waals surface area contributed by atoms with Crippen LogP contribution in [0.3, 0.4) is 0 Å². The van der Waals surface area contributed by atoms with Crippen molar-refractivity contribution in [2.45, 2.75) is 44.8 Å². The first-order valence-corrected chi connectivity index (χ1v) is 8.77. The third kappa shape index (κ3) is 4.45. The van der Waals surface area contributed by atoms with Gasteiger partial charge < -0.3 is 5.11 Å². The third-order valence-electron chi connectivity index (χ3n) is 4.96. The second-order valence-corrected chi connectivity index (χ2v) is 6.76. The molecule has 3 nitrogen and oxygen atoms in total. The normalized spacial score (nSPS) is 15.9. The fourth-order valence-electron chi connectivity index (χ4n) is 3.36. The molecule has 0 radical (unpaired) electrons. The second-order valence-electron chi connectivity index (χ2n) is 6.76. The van der Waals surface area contributed by atoms with Crippen molar-refractivity contribution >= 4 is 5.97 Å². The average Bonchev–Trinajstić information content (AvgIpc) is 2.55. The molecule has 1 N–H and O–H groups in total. The SMILES string of the molecule is O=C(O)C(CC1CCC1)N(Cc1ccccc1)Cc1ccccc1. The summed E-state index contributed by atoms with van der Waals surface area (Å²) in [5, 5.41) is 9.83. The summed E-state index contributed by atoms with van der Waals surface area (Å²) in [5.41, 5.74) is 2.32. The molecule has 1 aliphatic rings. The minimum atomic E-state index is -0.700. The maximum atomic E-state index is 12.0. The fraction of sp³-hybridized carbons (Fsp3) is 0.381. The van der Waals surface area contributed by atoms with Gasteiger partial charge in [-0.15, -0.1) is 0 Å². The van der Waals surface area contributed by atoms with Gasteiger partial charge in [0.25, 0.3) is 0 Å². The first kappa shape index (κ1) is 16.7. The van der Waals surface area contributed by atoms with Crippen LogP contribution < -0.4 is 0 Å². The molecule has 0 amide bonds. The van der Waals surface area contributed by atoms with Gasteiger partial charge in [-0.3, -0.25) is 9.69 Å². The zero-order chi connectivity index (χ0) is 16.8. The Morgan fingerprint density at radius 2 is 1.46 bits per heavy atom. The first-order chi connectivity index (χ1) is 11.7. The second kappa shape index (κ2) is 8.11. The van der Waals surface area contributed by atoms with Crippen molar-refractivity contribution in [2.75, 3.05) is 0 Å². The molecule has 1 aliphatic carbocycles. The summed E-state index contributed by atoms with van der Waals surface area (Å²) in [4.78, 5) is 14.1. The van der Waals surface area contributed by atoms with Crippen LogP contribution in [-0.4, -0.2) is 22.0 Å². The molecule has 1 unspecified atom stereocenters. The summed E-state index contributed by atoms with van der Waals surface area (Å²) in [5.74, 6) is -0.131. The summed E-state index contributed by atoms with van der Waals surface area (Å²) in [6.45, 7) is 1.33. The van der Waals surface area contributed by atoms with Crippen molar-refractivity contribution in [3.05, 3.63) is 71.8 Å². The van der Waals surface area contributed by atoms with Crippen LogP contribution in [0.25, 0.3) is 0 Å². The Labute approximate surface area is 143 Å². The number of nitrogens with zero attached hydrogens (tertiary/aromatic N) is 1. The minimum absolute atomic E-state index is 0.421. The van der Waals surface area contributed by atoms with Crippen LogP contribution in [0.4, 0.5) is 0 Å². The molecule has 126 valence electrons. The van der Waals surface area contributed by atoms with Crippen LogP contribution in [-0.2, 0) is 17.9 Å². The number of benzene rings is 2. The molecule has 0 aliphatic heterocycles. The summed E-state index contributed by atoms with van der Waals surface area (Å²) >= 11 is 0. The van der Waals surface area contributed by atoms with Gasteiger partial charge in [0, 0.05) is 13.1 Å². The molecule has 1 atom stereocenters. The summed E-state index contributed by atoms with van der Waals surface area (Å²) in [7, 11) is 0. The Balaban J connectivity index is 1.79. The maximum absolute atomic E-state index is 12.0. The zero-order valence-electron chi connectivity index (χ0n) is 14.0. The number of carbonyl (C=O) groups is 1. The zero-order valence-corrected chi connectivity index (χ0v) is 14.0. The summed E-state index contributed by atoms with van der Waals surface area (Å²) in [6.07, 6.45) is 4.35. The van der Waals surface area contributed by atoms with Gasteiger partial charge in [-0.2, -0.15) is 0 Å². The van der Waals surface area contributed by atoms with Crippen LogP contribution in [0.1, 0.15) is 36.8 Å². The van der Waals surface area contributed by atoms with E-state index in [0.717, 1.165) is 17.5 Å². The molecule has 2 aromatic rings. The van der Waals surface area contributed by atoms with Crippen molar-refractivity contribution in [3.8, 4) is 0 Å². The third-order valence-corrected chi connectivity index (χ3v) is 4.96. The average molecular weight is 323 g/mol. The summed E-state index contributed by atoms with van der Waals surface area (Å²) in [6, 6.07) is 19.9. The monoisotopic (exact) mass is 323 g/mol. The van der Waals surface area contributed by atoms with Crippen LogP contribution in [0, 0.1) is 5.92 Å². The Kier molecular flexibility index (Phi) is 5.65. The van der Waals surface area contributed by atoms with E-state index >= 15 is 0 Å². The number of carboxylic acid groups (broad SMARTS) is 1. The van der Waals surface area contributed by atoms with E-state index in [9.17, 15) is 9.90 Å². The van der Waals surface area contributed by atoms with Gasteiger partial charge in [-0.05, 0) is 23.5 Å². The van der Waals surface area contributed by atoms with Crippen molar-refractivity contribution in [1.82, 2.24) is 4.90 Å². The standard InChI is InChI=1S/C21H25NO2/c23-21(24)20(14-17-12-7-13-17)22(15-18-8-3-1-4-9-18)16-19-10-5-2-6-11-19/h1-6,8-11,17,20H,7,12-16H2,(H,23,24). The van der Waals surface area contributed by atoms with Gasteiger partial charge >= 0.3 is 5.97 Å². The molecule has 1 saturated carbocycles. The first-order valence-electron chi connectivity index (χ1n) is 8.77. The molecule has 0 bridgehead atoms. The Hall–Kier alpha value is -2.13. The van der Waals surface area contributed by atoms with Gasteiger partial charge in [-0.1, -0.05) is 79.9 Å². The lowest BCUT2D eigenvalue weighted by molar-refractivity contribution is -0.145. The molecular formula is C21H25NO2. The van der Waals surface area contributed by atoms with Crippen molar-refractivity contribution in [1.29, 1.82) is 0 Å². The number of rotatable bonds is 8. The summed E-state index contributed by atoms with van der Waals surface area (Å²) < 4.78 is 0. The minimum Gasteiger partial charge on any atom is -0.480 e. The Bertz CT molecular complexity index is 596. The lowest BCUT2D eigenvalue weighted by atomic mass is 9.80. The number of aliphatic carboxylic acids is 1. The van der Waals surface area contributed by atoms with E-state index < -0.39 is 12.0 Å². The van der Waals surface area contributed by atoms with Gasteiger partial charge in [-0.25, -0.2) is 0 Å². The van der Waals surface area contributed by atoms with E-state index in [1.165, 1.54) is 19.3 Å². The van der Waals surface area contributed by atoms with Gasteiger partial charge in [0.1, 0.15) is 6.04 Å². The predicted octanol–water partition coefficient (Wildman–Crippen LogP) is 4.33. The van der Waals surface area contributed by atoms with Crippen molar-refractivity contribution in [2.24, 2.45) is 5.92 Å². The van der Waals surface area contributed by atoms with Gasteiger partial charge in [0.2, 0.25) is 0 Å². The molecule has 0 saturated heterocycles. The van der Waals surface area contributed by atoms with E-state index in [-0.39, 0.29) is 0 Å². The van der Waals surface area contributed by atoms with Gasteiger partial charge in [0.05, 0.1) is 0 Å². The van der Waals surface area contributed by atoms with E-state index in [1.807, 2.05) is 36.4 Å². The number of hydrogen-bond acceptors (Lipinski definition) is 2. The highest BCUT2D eigenvalue weighted by Gasteiger charge is 2.31. The predicted molar refractivity (Wildman–Crippen MR) is 95.5 cm³/mol. The van der Waals surface area contributed by atoms with Crippen molar-refractivity contribution in [3.63, 3.8) is 0 Å². The molecule has 0 aromatic heterocycles. The van der Waals surface area contributed by atoms with Crippen LogP contribution in [0.15, 0.2) is 60.7 Å². The van der Waals surface area contributed by atoms with Gasteiger partial charge in [0.15, 0.2) is 0 Å². The quantitative estimate of drug-likeness (QED) is 0.786. The van der Waals surface area contributed by atoms with E-state index in [2.05, 4.69) is 29.2 Å². The maximum Gasteiger partial charge on any atom is 0.320 e. The molecule has 0 heterocycles. The van der Waals surface area contributed by atoms with Crippen LogP contribution in [0.2, 0.25) is 0 Å². The Morgan fingerprint density at radius 1 is 0.958 bits per heavy atom. The van der Waals surface area contributed by atoms with E-state index in [1.54, 1.807) is 0 Å². The van der Waals surface area contributed by atoms with Crippen LogP contribution in [0.5, 0.6) is 0 Å². The molecule has 24 heavy (non-hydrogen) atoms.